The Bertz CT molecular complexity index is 826. The van der Waals surface area contributed by atoms with Crippen LogP contribution in [0.1, 0.15) is 15.9 Å². The van der Waals surface area contributed by atoms with Gasteiger partial charge in [0.1, 0.15) is 10.8 Å². The Hall–Kier alpha value is -2.20. The van der Waals surface area contributed by atoms with E-state index in [9.17, 15) is 14.9 Å². The molecule has 0 saturated heterocycles. The van der Waals surface area contributed by atoms with Crippen molar-refractivity contribution in [3.05, 3.63) is 66.2 Å². The minimum Gasteiger partial charge on any atom is -0.496 e. The number of amides is 1. The number of hydrogen-bond acceptors (Lipinski definition) is 5. The van der Waals surface area contributed by atoms with Gasteiger partial charge in [0.25, 0.3) is 11.6 Å². The molecule has 2 aromatic rings. The molecule has 0 heterocycles. The van der Waals surface area contributed by atoms with Crippen LogP contribution in [-0.2, 0) is 0 Å². The van der Waals surface area contributed by atoms with Crippen molar-refractivity contribution < 1.29 is 14.5 Å². The van der Waals surface area contributed by atoms with Crippen LogP contribution in [0, 0.1) is 13.7 Å². The summed E-state index contributed by atoms with van der Waals surface area (Å²) in [7, 11) is 1.55. The van der Waals surface area contributed by atoms with E-state index in [2.05, 4.69) is 33.1 Å². The second-order valence-electron chi connectivity index (χ2n) is 4.52. The molecule has 0 unspecified atom stereocenters. The zero-order chi connectivity index (χ0) is 17.7. The fourth-order valence-corrected chi connectivity index (χ4v) is 2.71. The number of nitrogens with zero attached hydrogens (tertiary/aromatic N) is 2. The van der Waals surface area contributed by atoms with Gasteiger partial charge in [-0.05, 0) is 46.9 Å². The van der Waals surface area contributed by atoms with E-state index in [1.54, 1.807) is 31.4 Å². The average Bonchev–Trinajstić information content (AvgIpc) is 2.55. The van der Waals surface area contributed by atoms with Gasteiger partial charge in [0.15, 0.2) is 0 Å². The quantitative estimate of drug-likeness (QED) is 0.320. The SMILES string of the molecule is COc1ccc(C(=O)N/N=C\c2ccc(Cl)c([N+](=O)[O-])c2)cc1I. The van der Waals surface area contributed by atoms with Crippen LogP contribution in [0.4, 0.5) is 5.69 Å². The number of hydrogen-bond donors (Lipinski definition) is 1. The highest BCUT2D eigenvalue weighted by atomic mass is 127. The maximum Gasteiger partial charge on any atom is 0.288 e. The molecule has 2 rings (SSSR count). The van der Waals surface area contributed by atoms with Gasteiger partial charge in [-0.2, -0.15) is 5.10 Å². The van der Waals surface area contributed by atoms with Crippen LogP contribution in [0.25, 0.3) is 0 Å². The Morgan fingerprint density at radius 1 is 1.38 bits per heavy atom. The van der Waals surface area contributed by atoms with Crippen LogP contribution in [0.5, 0.6) is 5.75 Å². The standard InChI is InChI=1S/C15H11ClIN3O4/c1-24-14-5-3-10(7-12(14)17)15(21)19-18-8-9-2-4-11(16)13(6-9)20(22)23/h2-8H,1H3,(H,19,21)/b18-8-. The van der Waals surface area contributed by atoms with Gasteiger partial charge in [-0.1, -0.05) is 17.7 Å². The molecule has 1 N–H and O–H groups in total. The van der Waals surface area contributed by atoms with Gasteiger partial charge in [-0.25, -0.2) is 5.43 Å². The largest absolute Gasteiger partial charge is 0.496 e. The van der Waals surface area contributed by atoms with Crippen LogP contribution in [0.2, 0.25) is 5.02 Å². The Labute approximate surface area is 155 Å². The van der Waals surface area contributed by atoms with Gasteiger partial charge in [-0.15, -0.1) is 0 Å². The lowest BCUT2D eigenvalue weighted by atomic mass is 10.2. The normalized spacial score (nSPS) is 10.6. The highest BCUT2D eigenvalue weighted by molar-refractivity contribution is 14.1. The summed E-state index contributed by atoms with van der Waals surface area (Å²) in [5, 5.41) is 14.7. The van der Waals surface area contributed by atoms with Gasteiger partial charge in [0, 0.05) is 17.2 Å². The van der Waals surface area contributed by atoms with Crippen LogP contribution < -0.4 is 10.2 Å². The topological polar surface area (TPSA) is 93.8 Å². The summed E-state index contributed by atoms with van der Waals surface area (Å²) in [6.07, 6.45) is 1.30. The van der Waals surface area contributed by atoms with Crippen LogP contribution in [0.15, 0.2) is 41.5 Å². The first-order valence-electron chi connectivity index (χ1n) is 6.53. The monoisotopic (exact) mass is 459 g/mol. The van der Waals surface area contributed by atoms with Crippen molar-refractivity contribution in [2.24, 2.45) is 5.10 Å². The molecule has 124 valence electrons. The number of ether oxygens (including phenoxy) is 1. The molecule has 0 aliphatic heterocycles. The number of nitrogens with one attached hydrogen (secondary N) is 1. The molecule has 0 saturated carbocycles. The fraction of sp³-hybridized carbons (Fsp3) is 0.0667. The summed E-state index contributed by atoms with van der Waals surface area (Å²) in [5.41, 5.74) is 2.99. The molecule has 24 heavy (non-hydrogen) atoms. The highest BCUT2D eigenvalue weighted by Crippen LogP contribution is 2.24. The van der Waals surface area contributed by atoms with Gasteiger partial charge >= 0.3 is 0 Å². The molecule has 0 radical (unpaired) electrons. The van der Waals surface area contributed by atoms with Gasteiger partial charge in [0.2, 0.25) is 0 Å². The van der Waals surface area contributed by atoms with E-state index in [1.165, 1.54) is 18.3 Å². The maximum atomic E-state index is 12.0. The lowest BCUT2D eigenvalue weighted by Crippen LogP contribution is -2.17. The zero-order valence-corrected chi connectivity index (χ0v) is 15.2. The van der Waals surface area contributed by atoms with Crippen molar-refractivity contribution >= 4 is 52.0 Å². The van der Waals surface area contributed by atoms with Crippen LogP contribution in [-0.4, -0.2) is 24.2 Å². The lowest BCUT2D eigenvalue weighted by molar-refractivity contribution is -0.384. The number of hydrazone groups is 1. The predicted octanol–water partition coefficient (Wildman–Crippen LogP) is 3.63. The molecular formula is C15H11ClIN3O4. The summed E-state index contributed by atoms with van der Waals surface area (Å²) < 4.78 is 5.92. The molecule has 0 bridgehead atoms. The third-order valence-corrected chi connectivity index (χ3v) is 4.12. The van der Waals surface area contributed by atoms with Crippen LogP contribution in [0.3, 0.4) is 0 Å². The molecule has 0 aliphatic rings. The van der Waals surface area contributed by atoms with E-state index in [4.69, 9.17) is 16.3 Å². The third-order valence-electron chi connectivity index (χ3n) is 2.96. The molecule has 0 fully saturated rings. The number of rotatable bonds is 5. The second-order valence-corrected chi connectivity index (χ2v) is 6.09. The molecule has 2 aromatic carbocycles. The molecule has 9 heteroatoms. The van der Waals surface area contributed by atoms with E-state index in [-0.39, 0.29) is 10.7 Å². The van der Waals surface area contributed by atoms with E-state index in [0.717, 1.165) is 3.57 Å². The number of halogens is 2. The fourth-order valence-electron chi connectivity index (χ4n) is 1.79. The number of nitro benzene ring substituents is 1. The van der Waals surface area contributed by atoms with Gasteiger partial charge < -0.3 is 4.74 Å². The van der Waals surface area contributed by atoms with E-state index in [0.29, 0.717) is 16.9 Å². The summed E-state index contributed by atoms with van der Waals surface area (Å²) in [5.74, 6) is 0.263. The minimum atomic E-state index is -0.586. The molecule has 0 spiro atoms. The number of nitro groups is 1. The third kappa shape index (κ3) is 4.42. The number of carbonyl (C=O) groups excluding carboxylic acids is 1. The molecule has 7 nitrogen and oxygen atoms in total. The van der Waals surface area contributed by atoms with Gasteiger partial charge in [0.05, 0.1) is 21.8 Å². The highest BCUT2D eigenvalue weighted by Gasteiger charge is 2.12. The number of benzene rings is 2. The Morgan fingerprint density at radius 3 is 2.75 bits per heavy atom. The van der Waals surface area contributed by atoms with Crippen molar-refractivity contribution in [3.8, 4) is 5.75 Å². The average molecular weight is 460 g/mol. The summed E-state index contributed by atoms with van der Waals surface area (Å²) in [6, 6.07) is 9.18. The van der Waals surface area contributed by atoms with Crippen molar-refractivity contribution in [2.75, 3.05) is 7.11 Å². The number of carbonyl (C=O) groups is 1. The Kier molecular flexibility index (Phi) is 6.10. The first-order chi connectivity index (χ1) is 11.4. The van der Waals surface area contributed by atoms with Crippen LogP contribution >= 0.6 is 34.2 Å². The first kappa shape index (κ1) is 18.1. The van der Waals surface area contributed by atoms with E-state index >= 15 is 0 Å². The first-order valence-corrected chi connectivity index (χ1v) is 7.99. The molecule has 0 atom stereocenters. The molecule has 0 aliphatic carbocycles. The summed E-state index contributed by atoms with van der Waals surface area (Å²) in [4.78, 5) is 22.3. The smallest absolute Gasteiger partial charge is 0.288 e. The lowest BCUT2D eigenvalue weighted by Gasteiger charge is -2.05. The van der Waals surface area contributed by atoms with Crippen molar-refractivity contribution in [1.29, 1.82) is 0 Å². The predicted molar refractivity (Wildman–Crippen MR) is 98.9 cm³/mol. The second kappa shape index (κ2) is 8.06. The van der Waals surface area contributed by atoms with Crippen molar-refractivity contribution in [1.82, 2.24) is 5.43 Å². The van der Waals surface area contributed by atoms with E-state index in [1.807, 2.05) is 0 Å². The molecule has 0 aromatic heterocycles. The number of methoxy groups -OCH3 is 1. The van der Waals surface area contributed by atoms with Crippen molar-refractivity contribution in [3.63, 3.8) is 0 Å². The van der Waals surface area contributed by atoms with Gasteiger partial charge in [-0.3, -0.25) is 14.9 Å². The minimum absolute atomic E-state index is 0.0361. The zero-order valence-electron chi connectivity index (χ0n) is 12.3. The Balaban J connectivity index is 2.08. The van der Waals surface area contributed by atoms with E-state index < -0.39 is 10.8 Å². The maximum absolute atomic E-state index is 12.0. The summed E-state index contributed by atoms with van der Waals surface area (Å²) >= 11 is 7.79. The molecular weight excluding hydrogens is 449 g/mol. The van der Waals surface area contributed by atoms with Crippen molar-refractivity contribution in [2.45, 2.75) is 0 Å². The molecule has 1 amide bonds. The summed E-state index contributed by atoms with van der Waals surface area (Å²) in [6.45, 7) is 0. The Morgan fingerprint density at radius 2 is 2.12 bits per heavy atom.